The van der Waals surface area contributed by atoms with Crippen molar-refractivity contribution in [2.75, 3.05) is 0 Å². The van der Waals surface area contributed by atoms with E-state index in [1.165, 1.54) is 18.4 Å². The summed E-state index contributed by atoms with van der Waals surface area (Å²) in [7, 11) is 0. The maximum absolute atomic E-state index is 12.4. The number of hydrogen-bond donors (Lipinski definition) is 1. The molecule has 0 radical (unpaired) electrons. The molecule has 1 aliphatic rings. The van der Waals surface area contributed by atoms with Crippen LogP contribution in [0.3, 0.4) is 0 Å². The normalized spacial score (nSPS) is 24.6. The summed E-state index contributed by atoms with van der Waals surface area (Å²) in [5, 5.41) is 7.63. The highest BCUT2D eigenvalue weighted by molar-refractivity contribution is 7.07. The van der Waals surface area contributed by atoms with E-state index in [0.717, 1.165) is 12.3 Å². The Morgan fingerprint density at radius 1 is 1.35 bits per heavy atom. The first-order chi connectivity index (χ1) is 9.50. The summed E-state index contributed by atoms with van der Waals surface area (Å²) in [6.45, 7) is 8.65. The Labute approximate surface area is 126 Å². The van der Waals surface area contributed by atoms with Crippen LogP contribution in [0.2, 0.25) is 0 Å². The molecule has 1 N–H and O–H groups in total. The summed E-state index contributed by atoms with van der Waals surface area (Å²) in [4.78, 5) is 14.5. The minimum atomic E-state index is -0.0764. The van der Waals surface area contributed by atoms with Crippen LogP contribution in [0.5, 0.6) is 0 Å². The van der Waals surface area contributed by atoms with E-state index in [1.807, 2.05) is 11.8 Å². The zero-order valence-corrected chi connectivity index (χ0v) is 13.7. The van der Waals surface area contributed by atoms with Gasteiger partial charge in [-0.25, -0.2) is 0 Å². The van der Waals surface area contributed by atoms with Crippen LogP contribution in [0.25, 0.3) is 0 Å². The van der Waals surface area contributed by atoms with Gasteiger partial charge in [-0.1, -0.05) is 26.7 Å². The van der Waals surface area contributed by atoms with Gasteiger partial charge in [-0.3, -0.25) is 10.1 Å². The second-order valence-corrected chi connectivity index (χ2v) is 7.05. The molecule has 0 spiro atoms. The largest absolute Gasteiger partial charge is 0.319 e. The van der Waals surface area contributed by atoms with E-state index in [4.69, 9.17) is 0 Å². The number of nitrogens with zero attached hydrogens (tertiary/aromatic N) is 1. The molecular weight excluding hydrogens is 268 g/mol. The van der Waals surface area contributed by atoms with Crippen molar-refractivity contribution < 1.29 is 4.79 Å². The first kappa shape index (κ1) is 15.5. The first-order valence-corrected chi connectivity index (χ1v) is 8.55. The maximum Gasteiger partial charge on any atom is 0.241 e. The van der Waals surface area contributed by atoms with Gasteiger partial charge >= 0.3 is 0 Å². The molecule has 3 unspecified atom stereocenters. The zero-order valence-electron chi connectivity index (χ0n) is 12.9. The number of carbonyl (C=O) groups is 1. The van der Waals surface area contributed by atoms with Gasteiger partial charge in [0, 0.05) is 6.04 Å². The van der Waals surface area contributed by atoms with E-state index >= 15 is 0 Å². The van der Waals surface area contributed by atoms with Crippen molar-refractivity contribution in [3.05, 3.63) is 22.4 Å². The van der Waals surface area contributed by atoms with E-state index in [0.29, 0.717) is 6.04 Å². The summed E-state index contributed by atoms with van der Waals surface area (Å²) in [5.74, 6) is 0.972. The second kappa shape index (κ2) is 6.72. The van der Waals surface area contributed by atoms with Gasteiger partial charge in [0.2, 0.25) is 5.91 Å². The average molecular weight is 294 g/mol. The Balaban J connectivity index is 2.03. The average Bonchev–Trinajstić information content (AvgIpc) is 2.98. The molecule has 2 heterocycles. The standard InChI is InChI=1S/C16H26N2OS/c1-11(2)6-5-7-12(3)18-15(14-8-9-20-10-14)17-13(4)16(18)19/h8-13,15,17H,5-7H2,1-4H3. The molecule has 1 aromatic rings. The Kier molecular flexibility index (Phi) is 5.22. The fourth-order valence-electron chi connectivity index (χ4n) is 2.86. The third-order valence-electron chi connectivity index (χ3n) is 4.05. The number of carbonyl (C=O) groups excluding carboxylic acids is 1. The zero-order chi connectivity index (χ0) is 14.7. The molecule has 0 aromatic carbocycles. The van der Waals surface area contributed by atoms with Gasteiger partial charge in [-0.2, -0.15) is 11.3 Å². The molecule has 1 amide bonds. The van der Waals surface area contributed by atoms with Crippen LogP contribution in [-0.4, -0.2) is 22.9 Å². The van der Waals surface area contributed by atoms with Gasteiger partial charge in [0.1, 0.15) is 6.17 Å². The number of nitrogens with one attached hydrogen (secondary N) is 1. The van der Waals surface area contributed by atoms with E-state index in [-0.39, 0.29) is 18.1 Å². The summed E-state index contributed by atoms with van der Waals surface area (Å²) in [6.07, 6.45) is 3.56. The van der Waals surface area contributed by atoms with Crippen molar-refractivity contribution in [2.45, 2.75) is 65.2 Å². The predicted octanol–water partition coefficient (Wildman–Crippen LogP) is 3.78. The van der Waals surface area contributed by atoms with Gasteiger partial charge in [0.15, 0.2) is 0 Å². The highest BCUT2D eigenvalue weighted by Gasteiger charge is 2.39. The summed E-state index contributed by atoms with van der Waals surface area (Å²) in [6, 6.07) is 2.33. The van der Waals surface area contributed by atoms with Crippen LogP contribution < -0.4 is 5.32 Å². The van der Waals surface area contributed by atoms with Crippen molar-refractivity contribution in [1.29, 1.82) is 0 Å². The summed E-state index contributed by atoms with van der Waals surface area (Å²) >= 11 is 1.69. The van der Waals surface area contributed by atoms with Crippen LogP contribution in [0.1, 0.15) is 58.7 Å². The lowest BCUT2D eigenvalue weighted by molar-refractivity contribution is -0.131. The van der Waals surface area contributed by atoms with E-state index in [9.17, 15) is 4.79 Å². The van der Waals surface area contributed by atoms with E-state index in [2.05, 4.69) is 42.9 Å². The molecule has 3 nitrogen and oxygen atoms in total. The van der Waals surface area contributed by atoms with Gasteiger partial charge in [-0.15, -0.1) is 0 Å². The summed E-state index contributed by atoms with van der Waals surface area (Å²) < 4.78 is 0. The van der Waals surface area contributed by atoms with Crippen LogP contribution in [0.4, 0.5) is 0 Å². The molecule has 1 fully saturated rings. The molecule has 0 saturated carbocycles. The highest BCUT2D eigenvalue weighted by Crippen LogP contribution is 2.30. The van der Waals surface area contributed by atoms with Crippen LogP contribution in [-0.2, 0) is 4.79 Å². The third-order valence-corrected chi connectivity index (χ3v) is 4.75. The molecule has 4 heteroatoms. The first-order valence-electron chi connectivity index (χ1n) is 7.61. The SMILES string of the molecule is CC(C)CCCC(C)N1C(=O)C(C)NC1c1ccsc1. The van der Waals surface area contributed by atoms with Crippen molar-refractivity contribution in [3.8, 4) is 0 Å². The maximum atomic E-state index is 12.4. The number of rotatable bonds is 6. The molecule has 112 valence electrons. The highest BCUT2D eigenvalue weighted by atomic mass is 32.1. The van der Waals surface area contributed by atoms with Crippen LogP contribution >= 0.6 is 11.3 Å². The lowest BCUT2D eigenvalue weighted by atomic mass is 10.0. The monoisotopic (exact) mass is 294 g/mol. The van der Waals surface area contributed by atoms with Crippen molar-refractivity contribution in [1.82, 2.24) is 10.2 Å². The van der Waals surface area contributed by atoms with Crippen molar-refractivity contribution >= 4 is 17.2 Å². The van der Waals surface area contributed by atoms with Crippen molar-refractivity contribution in [2.24, 2.45) is 5.92 Å². The predicted molar refractivity (Wildman–Crippen MR) is 84.7 cm³/mol. The van der Waals surface area contributed by atoms with Crippen LogP contribution in [0, 0.1) is 5.92 Å². The van der Waals surface area contributed by atoms with Crippen molar-refractivity contribution in [3.63, 3.8) is 0 Å². The van der Waals surface area contributed by atoms with Gasteiger partial charge in [0.05, 0.1) is 6.04 Å². The Hall–Kier alpha value is -0.870. The third kappa shape index (κ3) is 3.41. The topological polar surface area (TPSA) is 32.3 Å². The van der Waals surface area contributed by atoms with Gasteiger partial charge in [-0.05, 0) is 48.6 Å². The molecule has 20 heavy (non-hydrogen) atoms. The quantitative estimate of drug-likeness (QED) is 0.866. The molecule has 2 rings (SSSR count). The molecule has 1 aromatic heterocycles. The molecule has 3 atom stereocenters. The number of hydrogen-bond acceptors (Lipinski definition) is 3. The Bertz CT molecular complexity index is 430. The molecule has 0 aliphatic carbocycles. The van der Waals surface area contributed by atoms with E-state index in [1.54, 1.807) is 11.3 Å². The molecular formula is C16H26N2OS. The molecule has 0 bridgehead atoms. The smallest absolute Gasteiger partial charge is 0.241 e. The fourth-order valence-corrected chi connectivity index (χ4v) is 3.54. The Morgan fingerprint density at radius 2 is 2.10 bits per heavy atom. The lowest BCUT2D eigenvalue weighted by Gasteiger charge is -2.30. The fraction of sp³-hybridized carbons (Fsp3) is 0.688. The van der Waals surface area contributed by atoms with Gasteiger partial charge < -0.3 is 4.90 Å². The minimum Gasteiger partial charge on any atom is -0.319 e. The van der Waals surface area contributed by atoms with Crippen LogP contribution in [0.15, 0.2) is 16.8 Å². The summed E-state index contributed by atoms with van der Waals surface area (Å²) in [5.41, 5.74) is 1.21. The van der Waals surface area contributed by atoms with Gasteiger partial charge in [0.25, 0.3) is 0 Å². The molecule has 1 aliphatic heterocycles. The van der Waals surface area contributed by atoms with E-state index < -0.39 is 0 Å². The lowest BCUT2D eigenvalue weighted by Crippen LogP contribution is -2.38. The molecule has 1 saturated heterocycles. The number of amides is 1. The Morgan fingerprint density at radius 3 is 2.70 bits per heavy atom. The minimum absolute atomic E-state index is 0.0535. The number of thiophene rings is 1. The second-order valence-electron chi connectivity index (χ2n) is 6.27.